The first-order valence-electron chi connectivity index (χ1n) is 7.91. The highest BCUT2D eigenvalue weighted by molar-refractivity contribution is 6.20. The first-order valence-corrected chi connectivity index (χ1v) is 8.35. The quantitative estimate of drug-likeness (QED) is 0.671. The molecule has 0 bridgehead atoms. The van der Waals surface area contributed by atoms with Crippen molar-refractivity contribution in [2.75, 3.05) is 6.61 Å². The molecule has 0 fully saturated rings. The zero-order valence-corrected chi connectivity index (χ0v) is 14.0. The van der Waals surface area contributed by atoms with Crippen LogP contribution in [0.5, 0.6) is 11.8 Å². The number of fused-ring (bicyclic) bond motifs is 1. The van der Waals surface area contributed by atoms with Crippen LogP contribution in [-0.2, 0) is 6.54 Å². The van der Waals surface area contributed by atoms with Crippen molar-refractivity contribution in [2.24, 2.45) is 0 Å². The maximum absolute atomic E-state index is 12.1. The van der Waals surface area contributed by atoms with Crippen molar-refractivity contribution in [3.63, 3.8) is 0 Å². The summed E-state index contributed by atoms with van der Waals surface area (Å²) in [6.07, 6.45) is 1.65. The normalized spacial score (nSPS) is 13.8. The largest absolute Gasteiger partial charge is 0.470 e. The summed E-state index contributed by atoms with van der Waals surface area (Å²) in [6, 6.07) is 17.9. The molecular formula is C19H15ClN2O3. The molecule has 0 N–H and O–H groups in total. The van der Waals surface area contributed by atoms with Gasteiger partial charge in [-0.3, -0.25) is 9.36 Å². The van der Waals surface area contributed by atoms with Crippen LogP contribution in [0.1, 0.15) is 11.1 Å². The molecule has 2 heterocycles. The average molecular weight is 355 g/mol. The van der Waals surface area contributed by atoms with Gasteiger partial charge in [0.15, 0.2) is 0 Å². The monoisotopic (exact) mass is 354 g/mol. The van der Waals surface area contributed by atoms with Crippen LogP contribution < -0.4 is 15.0 Å². The molecule has 25 heavy (non-hydrogen) atoms. The standard InChI is InChI=1S/C19H15ClN2O3/c20-17(16-12-22-10-11-24-19(22)21-18(16)23)25-15-8-6-14(7-9-15)13-4-2-1-3-5-13/h1-9,12,17H,10-11H2. The Morgan fingerprint density at radius 2 is 1.80 bits per heavy atom. The van der Waals surface area contributed by atoms with Gasteiger partial charge in [0.1, 0.15) is 12.4 Å². The molecule has 0 amide bonds. The fourth-order valence-corrected chi connectivity index (χ4v) is 2.95. The van der Waals surface area contributed by atoms with E-state index in [0.717, 1.165) is 11.1 Å². The van der Waals surface area contributed by atoms with E-state index in [4.69, 9.17) is 21.1 Å². The molecule has 0 radical (unpaired) electrons. The Kier molecular flexibility index (Phi) is 4.15. The molecule has 5 nitrogen and oxygen atoms in total. The van der Waals surface area contributed by atoms with Crippen molar-refractivity contribution in [2.45, 2.75) is 12.1 Å². The highest BCUT2D eigenvalue weighted by Gasteiger charge is 2.20. The summed E-state index contributed by atoms with van der Waals surface area (Å²) in [4.78, 5) is 16.0. The topological polar surface area (TPSA) is 53.4 Å². The van der Waals surface area contributed by atoms with Crippen LogP contribution in [0.2, 0.25) is 0 Å². The molecule has 1 aliphatic heterocycles. The van der Waals surface area contributed by atoms with Crippen LogP contribution in [0.25, 0.3) is 11.1 Å². The summed E-state index contributed by atoms with van der Waals surface area (Å²) < 4.78 is 12.7. The lowest BCUT2D eigenvalue weighted by Crippen LogP contribution is -2.19. The van der Waals surface area contributed by atoms with Crippen molar-refractivity contribution in [1.29, 1.82) is 0 Å². The Labute approximate surface area is 149 Å². The number of alkyl halides is 1. The second kappa shape index (κ2) is 6.61. The smallest absolute Gasteiger partial charge is 0.299 e. The molecule has 0 aliphatic carbocycles. The molecule has 1 unspecified atom stereocenters. The Morgan fingerprint density at radius 1 is 1.08 bits per heavy atom. The van der Waals surface area contributed by atoms with Gasteiger partial charge in [-0.1, -0.05) is 54.1 Å². The number of halogens is 1. The van der Waals surface area contributed by atoms with Gasteiger partial charge in [0.25, 0.3) is 11.6 Å². The van der Waals surface area contributed by atoms with Gasteiger partial charge in [0, 0.05) is 6.20 Å². The second-order valence-electron chi connectivity index (χ2n) is 5.65. The van der Waals surface area contributed by atoms with E-state index in [-0.39, 0.29) is 0 Å². The highest BCUT2D eigenvalue weighted by atomic mass is 35.5. The van der Waals surface area contributed by atoms with Crippen molar-refractivity contribution in [3.05, 3.63) is 76.7 Å². The Balaban J connectivity index is 1.53. The van der Waals surface area contributed by atoms with E-state index in [0.29, 0.717) is 30.5 Å². The van der Waals surface area contributed by atoms with Crippen molar-refractivity contribution in [3.8, 4) is 22.9 Å². The summed E-state index contributed by atoms with van der Waals surface area (Å²) in [6.45, 7) is 1.15. The van der Waals surface area contributed by atoms with E-state index in [1.54, 1.807) is 10.8 Å². The fourth-order valence-electron chi connectivity index (χ4n) is 2.70. The Hall–Kier alpha value is -2.79. The number of rotatable bonds is 4. The molecule has 126 valence electrons. The molecule has 1 aliphatic rings. The lowest BCUT2D eigenvalue weighted by atomic mass is 10.1. The highest BCUT2D eigenvalue weighted by Crippen LogP contribution is 2.27. The number of hydrogen-bond donors (Lipinski definition) is 0. The SMILES string of the molecule is O=c1nc2n(cc1C(Cl)Oc1ccc(-c3ccccc3)cc1)CCO2. The molecule has 1 aromatic heterocycles. The summed E-state index contributed by atoms with van der Waals surface area (Å²) in [5, 5.41) is 0. The van der Waals surface area contributed by atoms with Gasteiger partial charge in [0.05, 0.1) is 12.1 Å². The van der Waals surface area contributed by atoms with E-state index in [1.807, 2.05) is 54.6 Å². The molecular weight excluding hydrogens is 340 g/mol. The van der Waals surface area contributed by atoms with Crippen LogP contribution in [-0.4, -0.2) is 16.2 Å². The van der Waals surface area contributed by atoms with Gasteiger partial charge in [-0.05, 0) is 23.3 Å². The number of aromatic nitrogens is 2. The Bertz CT molecular complexity index is 939. The third kappa shape index (κ3) is 3.23. The molecule has 1 atom stereocenters. The summed E-state index contributed by atoms with van der Waals surface area (Å²) in [7, 11) is 0. The summed E-state index contributed by atoms with van der Waals surface area (Å²) in [5.41, 5.74) is 1.14. The van der Waals surface area contributed by atoms with Crippen LogP contribution in [0, 0.1) is 0 Å². The van der Waals surface area contributed by atoms with E-state index in [2.05, 4.69) is 4.98 Å². The maximum Gasteiger partial charge on any atom is 0.299 e. The van der Waals surface area contributed by atoms with E-state index >= 15 is 0 Å². The Morgan fingerprint density at radius 3 is 2.56 bits per heavy atom. The maximum atomic E-state index is 12.1. The molecule has 6 heteroatoms. The van der Waals surface area contributed by atoms with Crippen molar-refractivity contribution >= 4 is 11.6 Å². The van der Waals surface area contributed by atoms with E-state index < -0.39 is 11.1 Å². The molecule has 3 aromatic rings. The van der Waals surface area contributed by atoms with E-state index in [9.17, 15) is 4.79 Å². The predicted octanol–water partition coefficient (Wildman–Crippen LogP) is 3.62. The minimum atomic E-state index is -0.916. The average Bonchev–Trinajstić information content (AvgIpc) is 3.09. The minimum absolute atomic E-state index is 0.294. The zero-order chi connectivity index (χ0) is 17.2. The molecule has 0 spiro atoms. The van der Waals surface area contributed by atoms with E-state index in [1.165, 1.54) is 0 Å². The number of hydrogen-bond acceptors (Lipinski definition) is 4. The lowest BCUT2D eigenvalue weighted by Gasteiger charge is -2.13. The fraction of sp³-hybridized carbons (Fsp3) is 0.158. The van der Waals surface area contributed by atoms with Crippen LogP contribution in [0.15, 0.2) is 65.6 Å². The third-order valence-electron chi connectivity index (χ3n) is 3.99. The minimum Gasteiger partial charge on any atom is -0.470 e. The van der Waals surface area contributed by atoms with Gasteiger partial charge in [-0.25, -0.2) is 0 Å². The van der Waals surface area contributed by atoms with Crippen molar-refractivity contribution < 1.29 is 9.47 Å². The number of ether oxygens (including phenoxy) is 2. The molecule has 0 saturated carbocycles. The van der Waals surface area contributed by atoms with Gasteiger partial charge >= 0.3 is 0 Å². The predicted molar refractivity (Wildman–Crippen MR) is 95.1 cm³/mol. The van der Waals surface area contributed by atoms with Gasteiger partial charge in [-0.15, -0.1) is 0 Å². The number of nitrogens with zero attached hydrogens (tertiary/aromatic N) is 2. The summed E-state index contributed by atoms with van der Waals surface area (Å²) in [5.74, 6) is 0.584. The third-order valence-corrected chi connectivity index (χ3v) is 4.32. The van der Waals surface area contributed by atoms with Crippen molar-refractivity contribution in [1.82, 2.24) is 9.55 Å². The lowest BCUT2D eigenvalue weighted by molar-refractivity contribution is 0.284. The molecule has 4 rings (SSSR count). The van der Waals surface area contributed by atoms with Gasteiger partial charge in [0.2, 0.25) is 5.56 Å². The van der Waals surface area contributed by atoms with Crippen LogP contribution in [0.3, 0.4) is 0 Å². The second-order valence-corrected chi connectivity index (χ2v) is 6.05. The van der Waals surface area contributed by atoms with Gasteiger partial charge < -0.3 is 9.47 Å². The van der Waals surface area contributed by atoms with Crippen LogP contribution >= 0.6 is 11.6 Å². The first-order chi connectivity index (χ1) is 12.2. The zero-order valence-electron chi connectivity index (χ0n) is 13.3. The van der Waals surface area contributed by atoms with Crippen LogP contribution in [0.4, 0.5) is 0 Å². The first kappa shape index (κ1) is 15.7. The van der Waals surface area contributed by atoms with Gasteiger partial charge in [-0.2, -0.15) is 4.98 Å². The number of benzene rings is 2. The summed E-state index contributed by atoms with van der Waals surface area (Å²) >= 11 is 6.29. The molecule has 2 aromatic carbocycles. The molecule has 0 saturated heterocycles.